The molecule has 3 aromatic rings. The van der Waals surface area contributed by atoms with Crippen LogP contribution < -0.4 is 5.32 Å². The van der Waals surface area contributed by atoms with Gasteiger partial charge in [-0.15, -0.1) is 6.58 Å². The second-order valence-electron chi connectivity index (χ2n) is 8.17. The molecular formula is C27H31N3O3. The molecule has 0 fully saturated rings. The van der Waals surface area contributed by atoms with Gasteiger partial charge in [-0.3, -0.25) is 4.79 Å². The maximum Gasteiger partial charge on any atom is 0.322 e. The predicted molar refractivity (Wildman–Crippen MR) is 131 cm³/mol. The number of benzene rings is 2. The second-order valence-corrected chi connectivity index (χ2v) is 8.17. The number of nitrogens with zero attached hydrogens (tertiary/aromatic N) is 2. The number of carbonyl (C=O) groups is 2. The van der Waals surface area contributed by atoms with Crippen LogP contribution >= 0.6 is 0 Å². The fraction of sp³-hybridized carbons (Fsp3) is 0.259. The van der Waals surface area contributed by atoms with Crippen LogP contribution in [0.15, 0.2) is 77.7 Å². The van der Waals surface area contributed by atoms with Crippen LogP contribution in [-0.4, -0.2) is 34.8 Å². The van der Waals surface area contributed by atoms with E-state index in [-0.39, 0.29) is 25.0 Å². The van der Waals surface area contributed by atoms with Crippen molar-refractivity contribution in [2.45, 2.75) is 33.9 Å². The number of aryl methyl sites for hydroxylation is 3. The zero-order valence-electron chi connectivity index (χ0n) is 19.5. The molecule has 6 nitrogen and oxygen atoms in total. The van der Waals surface area contributed by atoms with Gasteiger partial charge in [-0.25, -0.2) is 4.79 Å². The first-order valence-electron chi connectivity index (χ1n) is 11.0. The van der Waals surface area contributed by atoms with Gasteiger partial charge in [-0.2, -0.15) is 0 Å². The minimum atomic E-state index is -0.344. The fourth-order valence-corrected chi connectivity index (χ4v) is 3.58. The maximum absolute atomic E-state index is 13.3. The monoisotopic (exact) mass is 445 g/mol. The van der Waals surface area contributed by atoms with Crippen LogP contribution in [0.2, 0.25) is 0 Å². The number of hydrogen-bond donors (Lipinski definition) is 1. The standard InChI is InChI=1S/C27H31N3O3/c1-5-15-29(27(32)28-25-14-11-20(2)16-21(25)3)19-26(31)30(17-23-9-7-6-8-10-23)18-24-13-12-22(4)33-24/h5-14,16H,1,15,17-19H2,2-4H3,(H,28,32). The summed E-state index contributed by atoms with van der Waals surface area (Å²) in [6.45, 7) is 10.5. The Bertz CT molecular complexity index is 1100. The smallest absolute Gasteiger partial charge is 0.322 e. The molecule has 0 unspecified atom stereocenters. The molecule has 1 N–H and O–H groups in total. The average molecular weight is 446 g/mol. The molecule has 3 amide bonds. The molecule has 0 aliphatic heterocycles. The number of urea groups is 1. The van der Waals surface area contributed by atoms with E-state index in [9.17, 15) is 9.59 Å². The minimum absolute atomic E-state index is 0.0741. The Kier molecular flexibility index (Phi) is 8.08. The second kappa shape index (κ2) is 11.2. The van der Waals surface area contributed by atoms with E-state index in [4.69, 9.17) is 4.42 Å². The lowest BCUT2D eigenvalue weighted by Crippen LogP contribution is -2.44. The third-order valence-electron chi connectivity index (χ3n) is 5.30. The summed E-state index contributed by atoms with van der Waals surface area (Å²) < 4.78 is 5.70. The summed E-state index contributed by atoms with van der Waals surface area (Å²) in [5.41, 5.74) is 3.81. The molecule has 0 aliphatic carbocycles. The molecule has 3 rings (SSSR count). The molecule has 0 aliphatic rings. The maximum atomic E-state index is 13.3. The summed E-state index contributed by atoms with van der Waals surface area (Å²) in [5, 5.41) is 2.92. The van der Waals surface area contributed by atoms with Gasteiger partial charge in [-0.1, -0.05) is 54.1 Å². The van der Waals surface area contributed by atoms with Crippen LogP contribution in [0.4, 0.5) is 10.5 Å². The van der Waals surface area contributed by atoms with Crippen LogP contribution in [0.3, 0.4) is 0 Å². The molecular weight excluding hydrogens is 414 g/mol. The molecule has 0 bridgehead atoms. The zero-order valence-corrected chi connectivity index (χ0v) is 19.5. The molecule has 0 saturated heterocycles. The van der Waals surface area contributed by atoms with Gasteiger partial charge in [0.05, 0.1) is 6.54 Å². The highest BCUT2D eigenvalue weighted by Crippen LogP contribution is 2.17. The lowest BCUT2D eigenvalue weighted by Gasteiger charge is -2.27. The van der Waals surface area contributed by atoms with Crippen LogP contribution in [0, 0.1) is 20.8 Å². The highest BCUT2D eigenvalue weighted by Gasteiger charge is 2.22. The predicted octanol–water partition coefficient (Wildman–Crippen LogP) is 5.45. The van der Waals surface area contributed by atoms with Crippen LogP contribution in [0.5, 0.6) is 0 Å². The normalized spacial score (nSPS) is 10.5. The minimum Gasteiger partial charge on any atom is -0.464 e. The Hall–Kier alpha value is -3.80. The Balaban J connectivity index is 1.75. The largest absolute Gasteiger partial charge is 0.464 e. The lowest BCUT2D eigenvalue weighted by molar-refractivity contribution is -0.133. The van der Waals surface area contributed by atoms with Gasteiger partial charge in [0.2, 0.25) is 5.91 Å². The summed E-state index contributed by atoms with van der Waals surface area (Å²) in [4.78, 5) is 29.5. The highest BCUT2D eigenvalue weighted by atomic mass is 16.3. The Labute approximate surface area is 195 Å². The number of amides is 3. The van der Waals surface area contributed by atoms with Crippen molar-refractivity contribution in [3.63, 3.8) is 0 Å². The van der Waals surface area contributed by atoms with Crippen molar-refractivity contribution in [2.75, 3.05) is 18.4 Å². The first kappa shape index (κ1) is 23.9. The molecule has 1 heterocycles. The van der Waals surface area contributed by atoms with Crippen molar-refractivity contribution in [3.8, 4) is 0 Å². The van der Waals surface area contributed by atoms with Crippen molar-refractivity contribution in [2.24, 2.45) is 0 Å². The van der Waals surface area contributed by atoms with Gasteiger partial charge in [0, 0.05) is 18.8 Å². The van der Waals surface area contributed by atoms with Gasteiger partial charge in [0.25, 0.3) is 0 Å². The molecule has 6 heteroatoms. The van der Waals surface area contributed by atoms with E-state index in [0.29, 0.717) is 18.8 Å². The van der Waals surface area contributed by atoms with Crippen LogP contribution in [0.1, 0.15) is 28.2 Å². The third kappa shape index (κ3) is 6.84. The molecule has 2 aromatic carbocycles. The van der Waals surface area contributed by atoms with Gasteiger partial charge < -0.3 is 19.5 Å². The average Bonchev–Trinajstić information content (AvgIpc) is 3.20. The topological polar surface area (TPSA) is 65.8 Å². The van der Waals surface area contributed by atoms with Crippen LogP contribution in [-0.2, 0) is 17.9 Å². The zero-order chi connectivity index (χ0) is 23.8. The van der Waals surface area contributed by atoms with Crippen molar-refractivity contribution < 1.29 is 14.0 Å². The van der Waals surface area contributed by atoms with Crippen molar-refractivity contribution in [1.82, 2.24) is 9.80 Å². The molecule has 172 valence electrons. The molecule has 0 spiro atoms. The van der Waals surface area contributed by atoms with Crippen molar-refractivity contribution in [3.05, 3.63) is 102 Å². The number of furan rings is 1. The summed E-state index contributed by atoms with van der Waals surface area (Å²) in [5.74, 6) is 1.32. The summed E-state index contributed by atoms with van der Waals surface area (Å²) in [7, 11) is 0. The third-order valence-corrected chi connectivity index (χ3v) is 5.30. The van der Waals surface area contributed by atoms with Gasteiger partial charge >= 0.3 is 6.03 Å². The van der Waals surface area contributed by atoms with Crippen LogP contribution in [0.25, 0.3) is 0 Å². The Morgan fingerprint density at radius 1 is 0.970 bits per heavy atom. The van der Waals surface area contributed by atoms with Gasteiger partial charge in [0.15, 0.2) is 0 Å². The molecule has 0 radical (unpaired) electrons. The lowest BCUT2D eigenvalue weighted by atomic mass is 10.1. The van der Waals surface area contributed by atoms with Crippen molar-refractivity contribution >= 4 is 17.6 Å². The quantitative estimate of drug-likeness (QED) is 0.445. The number of hydrogen-bond acceptors (Lipinski definition) is 3. The van der Waals surface area contributed by atoms with E-state index >= 15 is 0 Å². The van der Waals surface area contributed by atoms with E-state index in [1.807, 2.05) is 81.4 Å². The summed E-state index contributed by atoms with van der Waals surface area (Å²) in [6, 6.07) is 19.0. The Morgan fingerprint density at radius 2 is 1.73 bits per heavy atom. The van der Waals surface area contributed by atoms with E-state index in [1.54, 1.807) is 11.0 Å². The van der Waals surface area contributed by atoms with E-state index in [2.05, 4.69) is 11.9 Å². The molecule has 1 aromatic heterocycles. The number of rotatable bonds is 9. The molecule has 0 atom stereocenters. The number of anilines is 1. The van der Waals surface area contributed by atoms with E-state index in [0.717, 1.165) is 28.1 Å². The van der Waals surface area contributed by atoms with Gasteiger partial charge in [-0.05, 0) is 50.1 Å². The summed E-state index contributed by atoms with van der Waals surface area (Å²) in [6.07, 6.45) is 1.62. The SMILES string of the molecule is C=CCN(CC(=O)N(Cc1ccccc1)Cc1ccc(C)o1)C(=O)Nc1ccc(C)cc1C. The van der Waals surface area contributed by atoms with E-state index in [1.165, 1.54) is 4.90 Å². The fourth-order valence-electron chi connectivity index (χ4n) is 3.58. The summed E-state index contributed by atoms with van der Waals surface area (Å²) >= 11 is 0. The molecule has 33 heavy (non-hydrogen) atoms. The number of nitrogens with one attached hydrogen (secondary N) is 1. The van der Waals surface area contributed by atoms with Gasteiger partial charge in [0.1, 0.15) is 18.1 Å². The first-order chi connectivity index (χ1) is 15.9. The van der Waals surface area contributed by atoms with E-state index < -0.39 is 0 Å². The highest BCUT2D eigenvalue weighted by molar-refractivity contribution is 5.93. The first-order valence-corrected chi connectivity index (χ1v) is 11.0. The Morgan fingerprint density at radius 3 is 2.36 bits per heavy atom. The molecule has 0 saturated carbocycles. The number of carbonyl (C=O) groups excluding carboxylic acids is 2. The van der Waals surface area contributed by atoms with Crippen molar-refractivity contribution in [1.29, 1.82) is 0 Å².